The van der Waals surface area contributed by atoms with Gasteiger partial charge in [-0.3, -0.25) is 19.8 Å². The number of amides is 1. The molecule has 154 valence electrons. The first-order chi connectivity index (χ1) is 14.1. The van der Waals surface area contributed by atoms with Gasteiger partial charge in [-0.05, 0) is 55.8 Å². The van der Waals surface area contributed by atoms with Gasteiger partial charge < -0.3 is 10.1 Å². The normalized spacial score (nSPS) is 15.9. The SMILES string of the molecule is COc1ccc([C@@H](CNC(=O)c2ccc([N+](=O)[O-])cc2)N2CCCCCC2)cc1. The predicted octanol–water partition coefficient (Wildman–Crippen LogP) is 3.95. The summed E-state index contributed by atoms with van der Waals surface area (Å²) in [6.45, 7) is 2.48. The number of ether oxygens (including phenoxy) is 1. The molecule has 0 saturated carbocycles. The second-order valence-electron chi connectivity index (χ2n) is 7.25. The Labute approximate surface area is 170 Å². The van der Waals surface area contributed by atoms with E-state index in [0.29, 0.717) is 12.1 Å². The van der Waals surface area contributed by atoms with Crippen molar-refractivity contribution in [3.8, 4) is 5.75 Å². The number of likely N-dealkylation sites (tertiary alicyclic amines) is 1. The van der Waals surface area contributed by atoms with Crippen molar-refractivity contribution in [1.29, 1.82) is 0 Å². The molecule has 1 heterocycles. The lowest BCUT2D eigenvalue weighted by Gasteiger charge is -2.31. The molecule has 0 radical (unpaired) electrons. The van der Waals surface area contributed by atoms with E-state index in [4.69, 9.17) is 4.74 Å². The van der Waals surface area contributed by atoms with Crippen LogP contribution in [0.25, 0.3) is 0 Å². The molecule has 1 saturated heterocycles. The number of methoxy groups -OCH3 is 1. The van der Waals surface area contributed by atoms with Gasteiger partial charge in [-0.1, -0.05) is 25.0 Å². The van der Waals surface area contributed by atoms with Crippen LogP contribution in [0.1, 0.15) is 47.6 Å². The lowest BCUT2D eigenvalue weighted by atomic mass is 10.0. The van der Waals surface area contributed by atoms with E-state index in [-0.39, 0.29) is 17.6 Å². The van der Waals surface area contributed by atoms with Gasteiger partial charge in [0.15, 0.2) is 0 Å². The second-order valence-corrected chi connectivity index (χ2v) is 7.25. The zero-order chi connectivity index (χ0) is 20.6. The van der Waals surface area contributed by atoms with Gasteiger partial charge in [0, 0.05) is 24.2 Å². The van der Waals surface area contributed by atoms with Crippen LogP contribution in [0.2, 0.25) is 0 Å². The van der Waals surface area contributed by atoms with E-state index in [1.54, 1.807) is 7.11 Å². The zero-order valence-corrected chi connectivity index (χ0v) is 16.7. The first-order valence-corrected chi connectivity index (χ1v) is 9.99. The van der Waals surface area contributed by atoms with E-state index in [2.05, 4.69) is 10.2 Å². The van der Waals surface area contributed by atoms with E-state index in [1.807, 2.05) is 24.3 Å². The summed E-state index contributed by atoms with van der Waals surface area (Å²) in [6, 6.07) is 13.7. The number of hydrogen-bond acceptors (Lipinski definition) is 5. The van der Waals surface area contributed by atoms with Crippen molar-refractivity contribution in [2.45, 2.75) is 31.7 Å². The summed E-state index contributed by atoms with van der Waals surface area (Å²) in [5, 5.41) is 13.8. The van der Waals surface area contributed by atoms with Crippen LogP contribution in [0.15, 0.2) is 48.5 Å². The number of non-ortho nitro benzene ring substituents is 1. The first kappa shape index (κ1) is 20.8. The lowest BCUT2D eigenvalue weighted by Crippen LogP contribution is -2.38. The summed E-state index contributed by atoms with van der Waals surface area (Å²) in [6.07, 6.45) is 4.79. The van der Waals surface area contributed by atoms with Crippen LogP contribution in [-0.4, -0.2) is 42.5 Å². The van der Waals surface area contributed by atoms with E-state index in [9.17, 15) is 14.9 Å². The Hall–Kier alpha value is -2.93. The standard InChI is InChI=1S/C22H27N3O4/c1-29-20-12-8-17(9-13-20)21(24-14-4-2-3-5-15-24)16-23-22(26)18-6-10-19(11-7-18)25(27)28/h6-13,21H,2-5,14-16H2,1H3,(H,23,26)/t21-/m1/s1. The highest BCUT2D eigenvalue weighted by molar-refractivity contribution is 5.94. The minimum absolute atomic E-state index is 0.0257. The zero-order valence-electron chi connectivity index (χ0n) is 16.7. The molecule has 0 spiro atoms. The molecule has 1 fully saturated rings. The quantitative estimate of drug-likeness (QED) is 0.565. The summed E-state index contributed by atoms with van der Waals surface area (Å²) in [7, 11) is 1.64. The minimum Gasteiger partial charge on any atom is -0.497 e. The number of carbonyl (C=O) groups is 1. The summed E-state index contributed by atoms with van der Waals surface area (Å²) < 4.78 is 5.27. The molecule has 2 aromatic carbocycles. The van der Waals surface area contributed by atoms with Gasteiger partial charge in [0.05, 0.1) is 18.1 Å². The molecule has 0 aromatic heterocycles. The van der Waals surface area contributed by atoms with Crippen molar-refractivity contribution in [2.24, 2.45) is 0 Å². The number of carbonyl (C=O) groups excluding carboxylic acids is 1. The largest absolute Gasteiger partial charge is 0.497 e. The highest BCUT2D eigenvalue weighted by Gasteiger charge is 2.22. The van der Waals surface area contributed by atoms with E-state index in [0.717, 1.165) is 37.2 Å². The maximum absolute atomic E-state index is 12.6. The van der Waals surface area contributed by atoms with Crippen LogP contribution in [0.4, 0.5) is 5.69 Å². The van der Waals surface area contributed by atoms with Crippen molar-refractivity contribution in [2.75, 3.05) is 26.7 Å². The average Bonchev–Trinajstić information content (AvgIpc) is 3.04. The minimum atomic E-state index is -0.471. The summed E-state index contributed by atoms with van der Waals surface area (Å²) in [5.74, 6) is 0.575. The van der Waals surface area contributed by atoms with Crippen LogP contribution in [0, 0.1) is 10.1 Å². The molecular weight excluding hydrogens is 370 g/mol. The Morgan fingerprint density at radius 3 is 2.24 bits per heavy atom. The topological polar surface area (TPSA) is 84.7 Å². The van der Waals surface area contributed by atoms with E-state index in [1.165, 1.54) is 37.1 Å². The second kappa shape index (κ2) is 10.0. The van der Waals surface area contributed by atoms with E-state index < -0.39 is 4.92 Å². The third-order valence-electron chi connectivity index (χ3n) is 5.38. The fourth-order valence-electron chi connectivity index (χ4n) is 3.72. The summed E-state index contributed by atoms with van der Waals surface area (Å²) >= 11 is 0. The first-order valence-electron chi connectivity index (χ1n) is 9.99. The van der Waals surface area contributed by atoms with Crippen molar-refractivity contribution >= 4 is 11.6 Å². The molecule has 1 aliphatic rings. The number of nitro benzene ring substituents is 1. The number of nitrogens with zero attached hydrogens (tertiary/aromatic N) is 2. The van der Waals surface area contributed by atoms with Crippen LogP contribution >= 0.6 is 0 Å². The van der Waals surface area contributed by atoms with Gasteiger partial charge >= 0.3 is 0 Å². The fourth-order valence-corrected chi connectivity index (χ4v) is 3.72. The average molecular weight is 397 g/mol. The third-order valence-corrected chi connectivity index (χ3v) is 5.38. The van der Waals surface area contributed by atoms with Crippen molar-refractivity contribution < 1.29 is 14.5 Å². The molecule has 1 amide bonds. The Morgan fingerprint density at radius 1 is 1.07 bits per heavy atom. The molecule has 1 aliphatic heterocycles. The molecule has 7 nitrogen and oxygen atoms in total. The molecule has 29 heavy (non-hydrogen) atoms. The Balaban J connectivity index is 1.73. The number of hydrogen-bond donors (Lipinski definition) is 1. The van der Waals surface area contributed by atoms with Crippen LogP contribution in [0.5, 0.6) is 5.75 Å². The van der Waals surface area contributed by atoms with Crippen molar-refractivity contribution in [1.82, 2.24) is 10.2 Å². The number of rotatable bonds is 7. The number of nitro groups is 1. The van der Waals surface area contributed by atoms with Crippen molar-refractivity contribution in [3.05, 3.63) is 69.8 Å². The molecule has 3 rings (SSSR count). The van der Waals surface area contributed by atoms with Gasteiger partial charge in [-0.25, -0.2) is 0 Å². The highest BCUT2D eigenvalue weighted by Crippen LogP contribution is 2.25. The molecular formula is C22H27N3O4. The predicted molar refractivity (Wildman–Crippen MR) is 111 cm³/mol. The van der Waals surface area contributed by atoms with Crippen LogP contribution < -0.4 is 10.1 Å². The van der Waals surface area contributed by atoms with Gasteiger partial charge in [0.25, 0.3) is 11.6 Å². The van der Waals surface area contributed by atoms with Crippen molar-refractivity contribution in [3.63, 3.8) is 0 Å². The smallest absolute Gasteiger partial charge is 0.269 e. The molecule has 0 aliphatic carbocycles. The molecule has 1 N–H and O–H groups in total. The third kappa shape index (κ3) is 5.54. The number of nitrogens with one attached hydrogen (secondary N) is 1. The van der Waals surface area contributed by atoms with Gasteiger partial charge in [0.1, 0.15) is 5.75 Å². The molecule has 7 heteroatoms. The molecule has 1 atom stereocenters. The molecule has 0 unspecified atom stereocenters. The molecule has 0 bridgehead atoms. The lowest BCUT2D eigenvalue weighted by molar-refractivity contribution is -0.384. The summed E-state index contributed by atoms with van der Waals surface area (Å²) in [5.41, 5.74) is 1.53. The van der Waals surface area contributed by atoms with Crippen LogP contribution in [-0.2, 0) is 0 Å². The Kier molecular flexibility index (Phi) is 7.19. The maximum Gasteiger partial charge on any atom is 0.269 e. The van der Waals surface area contributed by atoms with Gasteiger partial charge in [-0.2, -0.15) is 0 Å². The monoisotopic (exact) mass is 397 g/mol. The fraction of sp³-hybridized carbons (Fsp3) is 0.409. The summed E-state index contributed by atoms with van der Waals surface area (Å²) in [4.78, 5) is 25.4. The van der Waals surface area contributed by atoms with Gasteiger partial charge in [-0.15, -0.1) is 0 Å². The molecule has 2 aromatic rings. The number of benzene rings is 2. The maximum atomic E-state index is 12.6. The van der Waals surface area contributed by atoms with Crippen LogP contribution in [0.3, 0.4) is 0 Å². The Morgan fingerprint density at radius 2 is 1.69 bits per heavy atom. The van der Waals surface area contributed by atoms with E-state index >= 15 is 0 Å². The Bertz CT molecular complexity index is 813. The highest BCUT2D eigenvalue weighted by atomic mass is 16.6. The van der Waals surface area contributed by atoms with Gasteiger partial charge in [0.2, 0.25) is 0 Å².